The van der Waals surface area contributed by atoms with Crippen molar-refractivity contribution >= 4 is 23.7 Å². The van der Waals surface area contributed by atoms with Gasteiger partial charge in [0.1, 0.15) is 17.9 Å². The highest BCUT2D eigenvalue weighted by molar-refractivity contribution is 7.99. The largest absolute Gasteiger partial charge is 0.491 e. The van der Waals surface area contributed by atoms with Gasteiger partial charge in [0.15, 0.2) is 0 Å². The van der Waals surface area contributed by atoms with Gasteiger partial charge in [0.05, 0.1) is 6.54 Å². The summed E-state index contributed by atoms with van der Waals surface area (Å²) in [5.41, 5.74) is 0.378. The zero-order valence-corrected chi connectivity index (χ0v) is 12.7. The minimum absolute atomic E-state index is 0.106. The molecule has 1 spiro atoms. The van der Waals surface area contributed by atoms with E-state index in [0.29, 0.717) is 12.4 Å². The van der Waals surface area contributed by atoms with E-state index in [-0.39, 0.29) is 18.5 Å². The number of aryl methyl sites for hydroxylation is 1. The molecule has 0 unspecified atom stereocenters. The van der Waals surface area contributed by atoms with E-state index in [1.165, 1.54) is 4.90 Å². The Morgan fingerprint density at radius 2 is 2.19 bits per heavy atom. The average Bonchev–Trinajstić information content (AvgIpc) is 3.02. The average molecular weight is 306 g/mol. The van der Waals surface area contributed by atoms with Gasteiger partial charge < -0.3 is 10.1 Å². The van der Waals surface area contributed by atoms with Gasteiger partial charge in [0.25, 0.3) is 5.91 Å². The number of hydrogen-bond donors (Lipinski definition) is 1. The van der Waals surface area contributed by atoms with Crippen LogP contribution in [-0.2, 0) is 4.79 Å². The van der Waals surface area contributed by atoms with Crippen molar-refractivity contribution in [2.45, 2.75) is 18.9 Å². The van der Waals surface area contributed by atoms with Crippen LogP contribution in [0.3, 0.4) is 0 Å². The number of ether oxygens (including phenoxy) is 1. The van der Waals surface area contributed by atoms with Crippen molar-refractivity contribution in [3.05, 3.63) is 29.8 Å². The molecule has 1 aromatic rings. The van der Waals surface area contributed by atoms with Gasteiger partial charge >= 0.3 is 6.03 Å². The maximum absolute atomic E-state index is 12.4. The van der Waals surface area contributed by atoms with Gasteiger partial charge in [-0.25, -0.2) is 4.79 Å². The molecule has 2 saturated heterocycles. The van der Waals surface area contributed by atoms with Crippen LogP contribution in [0.15, 0.2) is 24.3 Å². The van der Waals surface area contributed by atoms with Gasteiger partial charge in [-0.05, 0) is 30.7 Å². The Kier molecular flexibility index (Phi) is 3.80. The van der Waals surface area contributed by atoms with Crippen molar-refractivity contribution in [1.29, 1.82) is 0 Å². The fraction of sp³-hybridized carbons (Fsp3) is 0.467. The first-order chi connectivity index (χ1) is 10.1. The number of nitrogens with zero attached hydrogens (tertiary/aromatic N) is 1. The molecule has 2 fully saturated rings. The highest BCUT2D eigenvalue weighted by atomic mass is 32.2. The number of benzene rings is 1. The molecule has 0 aromatic heterocycles. The molecule has 1 aromatic carbocycles. The standard InChI is InChI=1S/C15H18N2O3S/c1-11-4-2-3-5-12(11)20-8-7-17-13(18)15(16-14(17)19)6-9-21-10-15/h2-5H,6-10H2,1H3,(H,16,19)/t15-/m0/s1. The number of nitrogens with one attached hydrogen (secondary N) is 1. The molecule has 3 rings (SSSR count). The monoisotopic (exact) mass is 306 g/mol. The fourth-order valence-corrected chi connectivity index (χ4v) is 4.00. The van der Waals surface area contributed by atoms with Crippen molar-refractivity contribution in [1.82, 2.24) is 10.2 Å². The SMILES string of the molecule is Cc1ccccc1OCCN1C(=O)N[C@]2(CCSC2)C1=O. The highest BCUT2D eigenvalue weighted by Gasteiger charge is 2.52. The van der Waals surface area contributed by atoms with Crippen LogP contribution in [0.2, 0.25) is 0 Å². The number of urea groups is 1. The third-order valence-corrected chi connectivity index (χ3v) is 5.12. The van der Waals surface area contributed by atoms with Crippen LogP contribution in [0.5, 0.6) is 5.75 Å². The minimum Gasteiger partial charge on any atom is -0.491 e. The molecule has 3 amide bonds. The van der Waals surface area contributed by atoms with Crippen molar-refractivity contribution in [3.63, 3.8) is 0 Å². The van der Waals surface area contributed by atoms with Crippen LogP contribution < -0.4 is 10.1 Å². The molecule has 2 heterocycles. The van der Waals surface area contributed by atoms with Gasteiger partial charge in [0.2, 0.25) is 0 Å². The molecule has 6 heteroatoms. The van der Waals surface area contributed by atoms with E-state index in [1.54, 1.807) is 11.8 Å². The first-order valence-corrected chi connectivity index (χ1v) is 8.18. The maximum atomic E-state index is 12.4. The fourth-order valence-electron chi connectivity index (χ4n) is 2.68. The van der Waals surface area contributed by atoms with E-state index in [9.17, 15) is 9.59 Å². The summed E-state index contributed by atoms with van der Waals surface area (Å²) in [7, 11) is 0. The molecule has 1 atom stereocenters. The molecule has 0 aliphatic carbocycles. The topological polar surface area (TPSA) is 58.6 Å². The molecule has 112 valence electrons. The van der Waals surface area contributed by atoms with E-state index in [4.69, 9.17) is 4.74 Å². The van der Waals surface area contributed by atoms with E-state index >= 15 is 0 Å². The molecule has 21 heavy (non-hydrogen) atoms. The van der Waals surface area contributed by atoms with Gasteiger partial charge in [-0.15, -0.1) is 0 Å². The smallest absolute Gasteiger partial charge is 0.325 e. The number of carbonyl (C=O) groups is 2. The van der Waals surface area contributed by atoms with E-state index in [1.807, 2.05) is 31.2 Å². The van der Waals surface area contributed by atoms with Crippen molar-refractivity contribution < 1.29 is 14.3 Å². The van der Waals surface area contributed by atoms with E-state index < -0.39 is 5.54 Å². The number of hydrogen-bond acceptors (Lipinski definition) is 4. The molecule has 1 N–H and O–H groups in total. The number of para-hydroxylation sites is 1. The van der Waals surface area contributed by atoms with Crippen LogP contribution in [-0.4, -0.2) is 47.0 Å². The molecule has 5 nitrogen and oxygen atoms in total. The molecule has 2 aliphatic heterocycles. The molecule has 0 radical (unpaired) electrons. The lowest BCUT2D eigenvalue weighted by atomic mass is 9.99. The van der Waals surface area contributed by atoms with Gasteiger partial charge in [0, 0.05) is 5.75 Å². The third-order valence-electron chi connectivity index (χ3n) is 3.93. The lowest BCUT2D eigenvalue weighted by molar-refractivity contribution is -0.130. The van der Waals surface area contributed by atoms with Crippen molar-refractivity contribution in [2.75, 3.05) is 24.7 Å². The highest BCUT2D eigenvalue weighted by Crippen LogP contribution is 2.33. The van der Waals surface area contributed by atoms with Crippen LogP contribution in [0.4, 0.5) is 4.79 Å². The summed E-state index contributed by atoms with van der Waals surface area (Å²) in [6, 6.07) is 7.40. The second-order valence-corrected chi connectivity index (χ2v) is 6.49. The van der Waals surface area contributed by atoms with Crippen molar-refractivity contribution in [2.24, 2.45) is 0 Å². The predicted molar refractivity (Wildman–Crippen MR) is 81.6 cm³/mol. The van der Waals surface area contributed by atoms with Gasteiger partial charge in [-0.3, -0.25) is 9.69 Å². The molecule has 0 bridgehead atoms. The van der Waals surface area contributed by atoms with E-state index in [0.717, 1.165) is 23.5 Å². The second kappa shape index (κ2) is 5.60. The summed E-state index contributed by atoms with van der Waals surface area (Å²) in [6.45, 7) is 2.56. The van der Waals surface area contributed by atoms with Crippen LogP contribution in [0.25, 0.3) is 0 Å². The second-order valence-electron chi connectivity index (χ2n) is 5.39. The predicted octanol–water partition coefficient (Wildman–Crippen LogP) is 1.80. The van der Waals surface area contributed by atoms with Crippen LogP contribution >= 0.6 is 11.8 Å². The van der Waals surface area contributed by atoms with Gasteiger partial charge in [-0.2, -0.15) is 11.8 Å². The van der Waals surface area contributed by atoms with Crippen molar-refractivity contribution in [3.8, 4) is 5.75 Å². The minimum atomic E-state index is -0.662. The summed E-state index contributed by atoms with van der Waals surface area (Å²) < 4.78 is 5.67. The zero-order chi connectivity index (χ0) is 14.9. The Balaban J connectivity index is 1.59. The lowest BCUT2D eigenvalue weighted by Gasteiger charge is -2.19. The van der Waals surface area contributed by atoms with Crippen LogP contribution in [0.1, 0.15) is 12.0 Å². The first-order valence-electron chi connectivity index (χ1n) is 7.03. The van der Waals surface area contributed by atoms with Gasteiger partial charge in [-0.1, -0.05) is 18.2 Å². The first kappa shape index (κ1) is 14.3. The third kappa shape index (κ3) is 2.60. The molecular weight excluding hydrogens is 288 g/mol. The van der Waals surface area contributed by atoms with Crippen LogP contribution in [0, 0.1) is 6.92 Å². The zero-order valence-electron chi connectivity index (χ0n) is 11.9. The Labute approximate surface area is 128 Å². The maximum Gasteiger partial charge on any atom is 0.325 e. The normalized spacial score (nSPS) is 24.7. The van der Waals surface area contributed by atoms with E-state index in [2.05, 4.69) is 5.32 Å². The molecule has 0 saturated carbocycles. The lowest BCUT2D eigenvalue weighted by Crippen LogP contribution is -2.47. The number of thioether (sulfide) groups is 1. The number of amides is 3. The Morgan fingerprint density at radius 3 is 2.90 bits per heavy atom. The number of rotatable bonds is 4. The number of carbonyl (C=O) groups excluding carboxylic acids is 2. The summed E-state index contributed by atoms with van der Waals surface area (Å²) in [5, 5.41) is 2.85. The molecular formula is C15H18N2O3S. The molecule has 2 aliphatic rings. The quantitative estimate of drug-likeness (QED) is 0.862. The Hall–Kier alpha value is -1.69. The summed E-state index contributed by atoms with van der Waals surface area (Å²) in [6.07, 6.45) is 0.720. The summed E-state index contributed by atoms with van der Waals surface area (Å²) in [5.74, 6) is 2.27. The Bertz CT molecular complexity index is 570. The number of imide groups is 1. The summed E-state index contributed by atoms with van der Waals surface area (Å²) >= 11 is 1.71. The Morgan fingerprint density at radius 1 is 1.38 bits per heavy atom. The summed E-state index contributed by atoms with van der Waals surface area (Å²) in [4.78, 5) is 25.7.